The molecular formula is C14H21BrO3S. The molecule has 3 nitrogen and oxygen atoms in total. The molecule has 0 aliphatic carbocycles. The normalized spacial score (nSPS) is 12.4. The molecule has 1 rings (SSSR count). The Morgan fingerprint density at radius 3 is 2.05 bits per heavy atom. The molecule has 0 heterocycles. The molecule has 1 aromatic carbocycles. The number of ether oxygens (including phenoxy) is 1. The fourth-order valence-electron chi connectivity index (χ4n) is 1.70. The van der Waals surface area contributed by atoms with E-state index in [0.717, 1.165) is 18.2 Å². The second-order valence-corrected chi connectivity index (χ2v) is 7.45. The fourth-order valence-corrected chi connectivity index (χ4v) is 3.29. The molecule has 0 amide bonds. The van der Waals surface area contributed by atoms with Crippen molar-refractivity contribution >= 4 is 25.8 Å². The van der Waals surface area contributed by atoms with Crippen LogP contribution < -0.4 is 4.74 Å². The van der Waals surface area contributed by atoms with Gasteiger partial charge >= 0.3 is 0 Å². The zero-order valence-corrected chi connectivity index (χ0v) is 14.1. The van der Waals surface area contributed by atoms with E-state index in [-0.39, 0.29) is 5.41 Å². The van der Waals surface area contributed by atoms with Gasteiger partial charge in [-0.3, -0.25) is 0 Å². The van der Waals surface area contributed by atoms with Crippen LogP contribution in [0.25, 0.3) is 0 Å². The van der Waals surface area contributed by atoms with Gasteiger partial charge in [-0.15, -0.1) is 0 Å². The highest BCUT2D eigenvalue weighted by Crippen LogP contribution is 2.30. The van der Waals surface area contributed by atoms with Gasteiger partial charge in [0.05, 0.1) is 11.5 Å². The maximum atomic E-state index is 11.4. The summed E-state index contributed by atoms with van der Waals surface area (Å²) >= 11 is 3.55. The molecule has 0 atom stereocenters. The van der Waals surface area contributed by atoms with Crippen LogP contribution >= 0.6 is 15.9 Å². The van der Waals surface area contributed by atoms with Crippen LogP contribution in [0.4, 0.5) is 0 Å². The second-order valence-electron chi connectivity index (χ2n) is 4.87. The molecule has 0 aliphatic rings. The number of halogens is 1. The van der Waals surface area contributed by atoms with E-state index in [1.807, 2.05) is 0 Å². The molecule has 0 aromatic heterocycles. The van der Waals surface area contributed by atoms with E-state index < -0.39 is 9.84 Å². The quantitative estimate of drug-likeness (QED) is 0.706. The van der Waals surface area contributed by atoms with Gasteiger partial charge < -0.3 is 4.74 Å². The SMILES string of the molecule is CCC(CC)(CBr)COc1ccc(S(C)(=O)=O)cc1. The van der Waals surface area contributed by atoms with Crippen LogP contribution in [-0.4, -0.2) is 26.6 Å². The topological polar surface area (TPSA) is 43.4 Å². The Morgan fingerprint density at radius 2 is 1.68 bits per heavy atom. The van der Waals surface area contributed by atoms with Gasteiger partial charge in [-0.25, -0.2) is 8.42 Å². The van der Waals surface area contributed by atoms with Crippen LogP contribution in [0, 0.1) is 5.41 Å². The molecule has 0 saturated carbocycles. The van der Waals surface area contributed by atoms with Crippen LogP contribution in [0.15, 0.2) is 29.2 Å². The first-order valence-corrected chi connectivity index (χ1v) is 9.37. The van der Waals surface area contributed by atoms with E-state index in [1.54, 1.807) is 24.3 Å². The first kappa shape index (κ1) is 16.5. The Labute approximate surface area is 124 Å². The van der Waals surface area contributed by atoms with E-state index in [4.69, 9.17) is 4.74 Å². The number of sulfone groups is 1. The van der Waals surface area contributed by atoms with Gasteiger partial charge in [-0.05, 0) is 37.1 Å². The van der Waals surface area contributed by atoms with Crippen molar-refractivity contribution in [2.75, 3.05) is 18.2 Å². The van der Waals surface area contributed by atoms with E-state index in [0.29, 0.717) is 17.3 Å². The van der Waals surface area contributed by atoms with Gasteiger partial charge in [0, 0.05) is 17.0 Å². The Kier molecular flexibility index (Phi) is 5.86. The highest BCUT2D eigenvalue weighted by molar-refractivity contribution is 9.09. The highest BCUT2D eigenvalue weighted by atomic mass is 79.9. The highest BCUT2D eigenvalue weighted by Gasteiger charge is 2.25. The van der Waals surface area contributed by atoms with Crippen molar-refractivity contribution in [1.82, 2.24) is 0 Å². The van der Waals surface area contributed by atoms with E-state index in [1.165, 1.54) is 6.26 Å². The van der Waals surface area contributed by atoms with Gasteiger partial charge in [0.1, 0.15) is 5.75 Å². The summed E-state index contributed by atoms with van der Waals surface area (Å²) in [7, 11) is -3.14. The summed E-state index contributed by atoms with van der Waals surface area (Å²) in [6, 6.07) is 6.58. The summed E-state index contributed by atoms with van der Waals surface area (Å²) in [6.45, 7) is 4.94. The van der Waals surface area contributed by atoms with Gasteiger partial charge in [0.2, 0.25) is 0 Å². The van der Waals surface area contributed by atoms with Crippen LogP contribution in [0.2, 0.25) is 0 Å². The molecule has 0 N–H and O–H groups in total. The predicted molar refractivity (Wildman–Crippen MR) is 81.9 cm³/mol. The molecule has 0 spiro atoms. The minimum Gasteiger partial charge on any atom is -0.493 e. The number of benzene rings is 1. The summed E-state index contributed by atoms with van der Waals surface area (Å²) in [4.78, 5) is 0.317. The third kappa shape index (κ3) is 4.49. The maximum Gasteiger partial charge on any atom is 0.175 e. The molecular weight excluding hydrogens is 328 g/mol. The summed E-state index contributed by atoms with van der Waals surface area (Å²) in [5.74, 6) is 0.708. The lowest BCUT2D eigenvalue weighted by Crippen LogP contribution is -2.29. The van der Waals surface area contributed by atoms with E-state index >= 15 is 0 Å². The van der Waals surface area contributed by atoms with Crippen molar-refractivity contribution < 1.29 is 13.2 Å². The summed E-state index contributed by atoms with van der Waals surface area (Å²) in [5.41, 5.74) is 0.134. The van der Waals surface area contributed by atoms with Crippen LogP contribution in [0.3, 0.4) is 0 Å². The minimum atomic E-state index is -3.14. The van der Waals surface area contributed by atoms with Crippen molar-refractivity contribution in [1.29, 1.82) is 0 Å². The zero-order chi connectivity index (χ0) is 14.5. The summed E-state index contributed by atoms with van der Waals surface area (Å²) in [5, 5.41) is 0.897. The van der Waals surface area contributed by atoms with E-state index in [9.17, 15) is 8.42 Å². The maximum absolute atomic E-state index is 11.4. The molecule has 19 heavy (non-hydrogen) atoms. The first-order valence-electron chi connectivity index (χ1n) is 6.36. The van der Waals surface area contributed by atoms with Gasteiger partial charge in [-0.2, -0.15) is 0 Å². The van der Waals surface area contributed by atoms with Crippen molar-refractivity contribution in [2.24, 2.45) is 5.41 Å². The Balaban J connectivity index is 2.74. The molecule has 108 valence electrons. The van der Waals surface area contributed by atoms with Crippen molar-refractivity contribution in [3.05, 3.63) is 24.3 Å². The lowest BCUT2D eigenvalue weighted by molar-refractivity contribution is 0.158. The van der Waals surface area contributed by atoms with E-state index in [2.05, 4.69) is 29.8 Å². The molecule has 1 aromatic rings. The first-order chi connectivity index (χ1) is 8.87. The van der Waals surface area contributed by atoms with Crippen molar-refractivity contribution in [3.63, 3.8) is 0 Å². The third-order valence-electron chi connectivity index (χ3n) is 3.58. The molecule has 0 unspecified atom stereocenters. The average molecular weight is 349 g/mol. The predicted octanol–water partition coefficient (Wildman–Crippen LogP) is 3.67. The Hall–Kier alpha value is -0.550. The van der Waals surface area contributed by atoms with Crippen LogP contribution in [-0.2, 0) is 9.84 Å². The molecule has 0 fully saturated rings. The molecule has 5 heteroatoms. The fraction of sp³-hybridized carbons (Fsp3) is 0.571. The number of alkyl halides is 1. The minimum absolute atomic E-state index is 0.134. The van der Waals surface area contributed by atoms with Crippen LogP contribution in [0.5, 0.6) is 5.75 Å². The van der Waals surface area contributed by atoms with Crippen LogP contribution in [0.1, 0.15) is 26.7 Å². The van der Waals surface area contributed by atoms with Crippen molar-refractivity contribution in [3.8, 4) is 5.75 Å². The number of rotatable bonds is 7. The third-order valence-corrected chi connectivity index (χ3v) is 5.90. The Bertz CT molecular complexity index is 482. The largest absolute Gasteiger partial charge is 0.493 e. The number of hydrogen-bond donors (Lipinski definition) is 0. The molecule has 0 radical (unpaired) electrons. The zero-order valence-electron chi connectivity index (χ0n) is 11.6. The smallest absolute Gasteiger partial charge is 0.175 e. The van der Waals surface area contributed by atoms with Gasteiger partial charge in [0.15, 0.2) is 9.84 Å². The molecule has 0 saturated heterocycles. The monoisotopic (exact) mass is 348 g/mol. The second kappa shape index (κ2) is 6.75. The molecule has 0 bridgehead atoms. The lowest BCUT2D eigenvalue weighted by Gasteiger charge is -2.29. The summed E-state index contributed by atoms with van der Waals surface area (Å²) < 4.78 is 28.5. The average Bonchev–Trinajstić information content (AvgIpc) is 2.40. The standard InChI is InChI=1S/C14H21BrO3S/c1-4-14(5-2,10-15)11-18-12-6-8-13(9-7-12)19(3,16)17/h6-9H,4-5,10-11H2,1-3H3. The lowest BCUT2D eigenvalue weighted by atomic mass is 9.86. The van der Waals surface area contributed by atoms with Crippen molar-refractivity contribution in [2.45, 2.75) is 31.6 Å². The van der Waals surface area contributed by atoms with Gasteiger partial charge in [0.25, 0.3) is 0 Å². The number of hydrogen-bond acceptors (Lipinski definition) is 3. The molecule has 0 aliphatic heterocycles. The Morgan fingerprint density at radius 1 is 1.16 bits per heavy atom. The van der Waals surface area contributed by atoms with Gasteiger partial charge in [-0.1, -0.05) is 29.8 Å². The summed E-state index contributed by atoms with van der Waals surface area (Å²) in [6.07, 6.45) is 3.28.